The van der Waals surface area contributed by atoms with Crippen molar-refractivity contribution in [3.8, 4) is 0 Å². The number of hydrogen-bond acceptors (Lipinski definition) is 5. The fraction of sp³-hybridized carbons (Fsp3) is 0.231. The van der Waals surface area contributed by atoms with Gasteiger partial charge in [-0.05, 0) is 30.2 Å². The van der Waals surface area contributed by atoms with Gasteiger partial charge in [-0.15, -0.1) is 0 Å². The predicted octanol–water partition coefficient (Wildman–Crippen LogP) is 2.14. The molecule has 0 spiro atoms. The maximum absolute atomic E-state index is 12.4. The average molecular weight is 327 g/mol. The Kier molecular flexibility index (Phi) is 4.76. The highest BCUT2D eigenvalue weighted by Gasteiger charge is 2.23. The van der Waals surface area contributed by atoms with Crippen molar-refractivity contribution >= 4 is 27.4 Å². The molecule has 0 saturated carbocycles. The molecule has 0 aromatic carbocycles. The van der Waals surface area contributed by atoms with Gasteiger partial charge in [-0.2, -0.15) is 0 Å². The highest BCUT2D eigenvalue weighted by molar-refractivity contribution is 7.89. The number of sulfonamides is 1. The smallest absolute Gasteiger partial charge is 0.244 e. The van der Waals surface area contributed by atoms with Crippen LogP contribution in [-0.2, 0) is 10.0 Å². The number of nitrogen functional groups attached to an aromatic ring is 1. The van der Waals surface area contributed by atoms with Crippen molar-refractivity contribution in [2.24, 2.45) is 0 Å². The second kappa shape index (κ2) is 6.38. The first-order valence-electron chi connectivity index (χ1n) is 6.27. The molecule has 0 unspecified atom stereocenters. The van der Waals surface area contributed by atoms with Gasteiger partial charge < -0.3 is 5.73 Å². The van der Waals surface area contributed by atoms with Gasteiger partial charge in [-0.3, -0.25) is 4.98 Å². The summed E-state index contributed by atoms with van der Waals surface area (Å²) in [5.41, 5.74) is 6.46. The predicted molar refractivity (Wildman–Crippen MR) is 81.2 cm³/mol. The second-order valence-electron chi connectivity index (χ2n) is 4.40. The lowest BCUT2D eigenvalue weighted by atomic mass is 10.1. The van der Waals surface area contributed by atoms with E-state index in [-0.39, 0.29) is 21.8 Å². The standard InChI is InChI=1S/C13H15ClN4O2S/c1-2-11(9-3-5-16-6-4-9)18-21(19,20)12-7-10(14)8-17-13(12)15/h3-8,11,18H,2H2,1H3,(H2,15,17)/t11-/m1/s1. The topological polar surface area (TPSA) is 98.0 Å². The Labute approximate surface area is 128 Å². The first-order valence-corrected chi connectivity index (χ1v) is 8.13. The van der Waals surface area contributed by atoms with Gasteiger partial charge in [0, 0.05) is 24.6 Å². The zero-order chi connectivity index (χ0) is 15.5. The van der Waals surface area contributed by atoms with E-state index in [4.69, 9.17) is 17.3 Å². The molecule has 0 aliphatic rings. The van der Waals surface area contributed by atoms with Crippen LogP contribution >= 0.6 is 11.6 Å². The molecule has 112 valence electrons. The van der Waals surface area contributed by atoms with Gasteiger partial charge >= 0.3 is 0 Å². The summed E-state index contributed by atoms with van der Waals surface area (Å²) < 4.78 is 27.5. The number of nitrogens with two attached hydrogens (primary N) is 1. The molecule has 2 aromatic rings. The maximum atomic E-state index is 12.4. The first-order chi connectivity index (χ1) is 9.94. The molecule has 0 bridgehead atoms. The Morgan fingerprint density at radius 2 is 2.05 bits per heavy atom. The van der Waals surface area contributed by atoms with E-state index >= 15 is 0 Å². The third-order valence-electron chi connectivity index (χ3n) is 2.95. The lowest BCUT2D eigenvalue weighted by Crippen LogP contribution is -2.29. The zero-order valence-corrected chi connectivity index (χ0v) is 12.9. The molecule has 0 radical (unpaired) electrons. The Morgan fingerprint density at radius 1 is 1.38 bits per heavy atom. The van der Waals surface area contributed by atoms with Gasteiger partial charge in [0.25, 0.3) is 0 Å². The van der Waals surface area contributed by atoms with Gasteiger partial charge in [0.15, 0.2) is 0 Å². The van der Waals surface area contributed by atoms with E-state index in [1.807, 2.05) is 6.92 Å². The highest BCUT2D eigenvalue weighted by Crippen LogP contribution is 2.24. The van der Waals surface area contributed by atoms with Gasteiger partial charge in [-0.1, -0.05) is 18.5 Å². The van der Waals surface area contributed by atoms with Crippen molar-refractivity contribution in [2.45, 2.75) is 24.3 Å². The third-order valence-corrected chi connectivity index (χ3v) is 4.66. The highest BCUT2D eigenvalue weighted by atomic mass is 35.5. The summed E-state index contributed by atoms with van der Waals surface area (Å²) in [5, 5.41) is 0.210. The van der Waals surface area contributed by atoms with Crippen LogP contribution in [0.1, 0.15) is 24.9 Å². The van der Waals surface area contributed by atoms with Crippen LogP contribution in [0.4, 0.5) is 5.82 Å². The van der Waals surface area contributed by atoms with Gasteiger partial charge in [0.2, 0.25) is 10.0 Å². The van der Waals surface area contributed by atoms with Crippen molar-refractivity contribution < 1.29 is 8.42 Å². The second-order valence-corrected chi connectivity index (χ2v) is 6.52. The van der Waals surface area contributed by atoms with E-state index in [0.717, 1.165) is 5.56 Å². The molecule has 0 aliphatic carbocycles. The number of hydrogen-bond donors (Lipinski definition) is 2. The minimum Gasteiger partial charge on any atom is -0.383 e. The Hall–Kier alpha value is -1.70. The van der Waals surface area contributed by atoms with Gasteiger partial charge in [-0.25, -0.2) is 18.1 Å². The summed E-state index contributed by atoms with van der Waals surface area (Å²) >= 11 is 5.79. The minimum atomic E-state index is -3.82. The van der Waals surface area contributed by atoms with Crippen molar-refractivity contribution in [1.29, 1.82) is 0 Å². The molecule has 0 aliphatic heterocycles. The van der Waals surface area contributed by atoms with Crippen molar-refractivity contribution in [3.05, 3.63) is 47.4 Å². The van der Waals surface area contributed by atoms with E-state index < -0.39 is 10.0 Å². The lowest BCUT2D eigenvalue weighted by molar-refractivity contribution is 0.550. The van der Waals surface area contributed by atoms with Crippen molar-refractivity contribution in [1.82, 2.24) is 14.7 Å². The van der Waals surface area contributed by atoms with Gasteiger partial charge in [0.1, 0.15) is 10.7 Å². The number of pyridine rings is 2. The Bertz CT molecular complexity index is 722. The molecule has 1 atom stereocenters. The van der Waals surface area contributed by atoms with E-state index in [1.165, 1.54) is 12.3 Å². The number of aromatic nitrogens is 2. The quantitative estimate of drug-likeness (QED) is 0.877. The summed E-state index contributed by atoms with van der Waals surface area (Å²) in [7, 11) is -3.82. The van der Waals surface area contributed by atoms with E-state index in [2.05, 4.69) is 14.7 Å². The molecule has 0 amide bonds. The number of halogens is 1. The average Bonchev–Trinajstić information content (AvgIpc) is 2.48. The molecule has 3 N–H and O–H groups in total. The monoisotopic (exact) mass is 326 g/mol. The fourth-order valence-electron chi connectivity index (χ4n) is 1.88. The summed E-state index contributed by atoms with van der Waals surface area (Å²) in [6.07, 6.45) is 5.11. The van der Waals surface area contributed by atoms with E-state index in [9.17, 15) is 8.42 Å². The van der Waals surface area contributed by atoms with Crippen LogP contribution in [0, 0.1) is 0 Å². The SMILES string of the molecule is CC[C@@H](NS(=O)(=O)c1cc(Cl)cnc1N)c1ccncc1. The van der Waals surface area contributed by atoms with Crippen molar-refractivity contribution in [2.75, 3.05) is 5.73 Å². The number of rotatable bonds is 5. The maximum Gasteiger partial charge on any atom is 0.244 e. The van der Waals surface area contributed by atoms with E-state index in [0.29, 0.717) is 6.42 Å². The van der Waals surface area contributed by atoms with Crippen LogP contribution in [0.25, 0.3) is 0 Å². The third kappa shape index (κ3) is 3.69. The number of anilines is 1. The molecule has 2 aromatic heterocycles. The van der Waals surface area contributed by atoms with Crippen LogP contribution in [0.2, 0.25) is 5.02 Å². The number of nitrogens with one attached hydrogen (secondary N) is 1. The molecule has 2 heterocycles. The van der Waals surface area contributed by atoms with Crippen molar-refractivity contribution in [3.63, 3.8) is 0 Å². The summed E-state index contributed by atoms with van der Waals surface area (Å²) in [4.78, 5) is 7.56. The first kappa shape index (κ1) is 15.7. The molecule has 0 saturated heterocycles. The van der Waals surface area contributed by atoms with Gasteiger partial charge in [0.05, 0.1) is 5.02 Å². The summed E-state index contributed by atoms with van der Waals surface area (Å²) in [6.45, 7) is 1.88. The van der Waals surface area contributed by atoms with Crippen LogP contribution in [0.15, 0.2) is 41.7 Å². The molecule has 0 fully saturated rings. The van der Waals surface area contributed by atoms with Crippen LogP contribution in [0.5, 0.6) is 0 Å². The zero-order valence-electron chi connectivity index (χ0n) is 11.3. The Balaban J connectivity index is 2.34. The molecule has 8 heteroatoms. The minimum absolute atomic E-state index is 0.0866. The molecule has 21 heavy (non-hydrogen) atoms. The summed E-state index contributed by atoms with van der Waals surface area (Å²) in [6, 6.07) is 4.43. The number of nitrogens with zero attached hydrogens (tertiary/aromatic N) is 2. The largest absolute Gasteiger partial charge is 0.383 e. The van der Waals surface area contributed by atoms with Crippen LogP contribution in [0.3, 0.4) is 0 Å². The Morgan fingerprint density at radius 3 is 2.67 bits per heavy atom. The summed E-state index contributed by atoms with van der Waals surface area (Å²) in [5.74, 6) is -0.0866. The molecular formula is C13H15ClN4O2S. The van der Waals surface area contributed by atoms with Crippen LogP contribution in [-0.4, -0.2) is 18.4 Å². The normalized spacial score (nSPS) is 13.0. The van der Waals surface area contributed by atoms with E-state index in [1.54, 1.807) is 24.5 Å². The fourth-order valence-corrected chi connectivity index (χ4v) is 3.52. The lowest BCUT2D eigenvalue weighted by Gasteiger charge is -2.18. The van der Waals surface area contributed by atoms with Crippen LogP contribution < -0.4 is 10.5 Å². The molecule has 2 rings (SSSR count). The molecular weight excluding hydrogens is 312 g/mol. The molecule has 6 nitrogen and oxygen atoms in total.